The van der Waals surface area contributed by atoms with Gasteiger partial charge in [0, 0.05) is 29.3 Å². The number of hydrogen-bond acceptors (Lipinski definition) is 5. The van der Waals surface area contributed by atoms with Gasteiger partial charge in [-0.1, -0.05) is 30.3 Å². The van der Waals surface area contributed by atoms with Crippen LogP contribution in [0, 0.1) is 10.1 Å². The maximum absolute atomic E-state index is 10.7. The minimum atomic E-state index is -0.444. The number of phenolic OH excluding ortho intramolecular Hbond substituents is 1. The van der Waals surface area contributed by atoms with E-state index in [2.05, 4.69) is 10.2 Å². The van der Waals surface area contributed by atoms with Crippen LogP contribution in [0.4, 0.5) is 5.69 Å². The van der Waals surface area contributed by atoms with Crippen molar-refractivity contribution >= 4 is 5.69 Å². The van der Waals surface area contributed by atoms with Crippen LogP contribution >= 0.6 is 0 Å². The zero-order chi connectivity index (χ0) is 20.2. The SMILES string of the molecule is O=[N+]([O-])c1ccc(COc2ccc(-c3[nH]ncc3-c3ccccc3)c(O)c2)cc1. The molecular weight excluding hydrogens is 370 g/mol. The van der Waals surface area contributed by atoms with Gasteiger partial charge >= 0.3 is 0 Å². The van der Waals surface area contributed by atoms with Crippen molar-refractivity contribution in [2.45, 2.75) is 6.61 Å². The number of benzene rings is 3. The van der Waals surface area contributed by atoms with Crippen molar-refractivity contribution < 1.29 is 14.8 Å². The molecule has 7 heteroatoms. The number of phenols is 1. The van der Waals surface area contributed by atoms with Gasteiger partial charge < -0.3 is 9.84 Å². The predicted octanol–water partition coefficient (Wildman–Crippen LogP) is 4.94. The molecule has 144 valence electrons. The fraction of sp³-hybridized carbons (Fsp3) is 0.0455. The molecule has 4 rings (SSSR count). The highest BCUT2D eigenvalue weighted by molar-refractivity contribution is 5.83. The first-order chi connectivity index (χ1) is 14.1. The topological polar surface area (TPSA) is 101 Å². The first-order valence-electron chi connectivity index (χ1n) is 8.90. The second kappa shape index (κ2) is 7.85. The Morgan fingerprint density at radius 1 is 1.00 bits per heavy atom. The maximum Gasteiger partial charge on any atom is 0.269 e. The van der Waals surface area contributed by atoms with Crippen LogP contribution in [0.2, 0.25) is 0 Å². The number of nitro groups is 1. The molecule has 2 N–H and O–H groups in total. The van der Waals surface area contributed by atoms with Gasteiger partial charge in [0.1, 0.15) is 18.1 Å². The van der Waals surface area contributed by atoms with Crippen LogP contribution in [0.25, 0.3) is 22.4 Å². The highest BCUT2D eigenvalue weighted by Gasteiger charge is 2.14. The number of nitrogens with one attached hydrogen (secondary N) is 1. The highest BCUT2D eigenvalue weighted by Crippen LogP contribution is 2.37. The van der Waals surface area contributed by atoms with Crippen molar-refractivity contribution in [3.63, 3.8) is 0 Å². The molecule has 0 aliphatic heterocycles. The lowest BCUT2D eigenvalue weighted by molar-refractivity contribution is -0.384. The summed E-state index contributed by atoms with van der Waals surface area (Å²) in [5.74, 6) is 0.554. The van der Waals surface area contributed by atoms with Gasteiger partial charge in [-0.2, -0.15) is 5.10 Å². The molecule has 0 radical (unpaired) electrons. The van der Waals surface area contributed by atoms with Crippen LogP contribution in [-0.4, -0.2) is 20.2 Å². The normalized spacial score (nSPS) is 10.6. The predicted molar refractivity (Wildman–Crippen MR) is 109 cm³/mol. The number of aromatic amines is 1. The van der Waals surface area contributed by atoms with Crippen LogP contribution in [0.1, 0.15) is 5.56 Å². The lowest BCUT2D eigenvalue weighted by atomic mass is 10.0. The molecule has 29 heavy (non-hydrogen) atoms. The van der Waals surface area contributed by atoms with E-state index in [1.807, 2.05) is 30.3 Å². The van der Waals surface area contributed by atoms with Gasteiger partial charge in [0.25, 0.3) is 5.69 Å². The Morgan fingerprint density at radius 2 is 1.76 bits per heavy atom. The number of nitro benzene ring substituents is 1. The van der Waals surface area contributed by atoms with E-state index >= 15 is 0 Å². The van der Waals surface area contributed by atoms with Crippen LogP contribution in [-0.2, 0) is 6.61 Å². The van der Waals surface area contributed by atoms with Crippen molar-refractivity contribution in [1.82, 2.24) is 10.2 Å². The van der Waals surface area contributed by atoms with E-state index in [4.69, 9.17) is 4.74 Å². The molecule has 0 aliphatic carbocycles. The summed E-state index contributed by atoms with van der Waals surface area (Å²) >= 11 is 0. The van der Waals surface area contributed by atoms with E-state index in [1.165, 1.54) is 18.2 Å². The minimum Gasteiger partial charge on any atom is -0.507 e. The number of aromatic hydroxyl groups is 1. The van der Waals surface area contributed by atoms with Crippen molar-refractivity contribution in [3.05, 3.63) is 94.7 Å². The van der Waals surface area contributed by atoms with Crippen molar-refractivity contribution in [2.24, 2.45) is 0 Å². The lowest BCUT2D eigenvalue weighted by Gasteiger charge is -2.10. The number of hydrogen-bond donors (Lipinski definition) is 2. The lowest BCUT2D eigenvalue weighted by Crippen LogP contribution is -1.96. The van der Waals surface area contributed by atoms with Crippen molar-refractivity contribution in [2.75, 3.05) is 0 Å². The fourth-order valence-corrected chi connectivity index (χ4v) is 3.02. The largest absolute Gasteiger partial charge is 0.507 e. The van der Waals surface area contributed by atoms with Crippen molar-refractivity contribution in [3.8, 4) is 33.9 Å². The highest BCUT2D eigenvalue weighted by atomic mass is 16.6. The summed E-state index contributed by atoms with van der Waals surface area (Å²) < 4.78 is 5.70. The Labute approximate surface area is 166 Å². The molecule has 0 spiro atoms. The van der Waals surface area contributed by atoms with Gasteiger partial charge in [0.15, 0.2) is 0 Å². The standard InChI is InChI=1S/C22H17N3O4/c26-21-12-18(29-14-15-6-8-17(9-7-15)25(27)28)10-11-19(21)22-20(13-23-24-22)16-4-2-1-3-5-16/h1-13,26H,14H2,(H,23,24). The average molecular weight is 387 g/mol. The number of nitrogens with zero attached hydrogens (tertiary/aromatic N) is 2. The molecular formula is C22H17N3O4. The van der Waals surface area contributed by atoms with Gasteiger partial charge in [-0.05, 0) is 35.4 Å². The Hall–Kier alpha value is -4.13. The van der Waals surface area contributed by atoms with Crippen LogP contribution < -0.4 is 4.74 Å². The Morgan fingerprint density at radius 3 is 2.45 bits per heavy atom. The summed E-state index contributed by atoms with van der Waals surface area (Å²) in [6.45, 7) is 0.232. The third kappa shape index (κ3) is 3.93. The summed E-state index contributed by atoms with van der Waals surface area (Å²) in [7, 11) is 0. The van der Waals surface area contributed by atoms with E-state index < -0.39 is 4.92 Å². The van der Waals surface area contributed by atoms with Crippen molar-refractivity contribution in [1.29, 1.82) is 0 Å². The molecule has 0 aliphatic rings. The molecule has 0 unspecified atom stereocenters. The summed E-state index contributed by atoms with van der Waals surface area (Å²) in [6, 6.07) is 21.0. The molecule has 0 atom stereocenters. The Bertz CT molecular complexity index is 1140. The first kappa shape index (κ1) is 18.2. The third-order valence-corrected chi connectivity index (χ3v) is 4.52. The van der Waals surface area contributed by atoms with E-state index in [0.29, 0.717) is 11.3 Å². The van der Waals surface area contributed by atoms with Gasteiger partial charge in [-0.3, -0.25) is 15.2 Å². The van der Waals surface area contributed by atoms with Crippen LogP contribution in [0.5, 0.6) is 11.5 Å². The van der Waals surface area contributed by atoms with E-state index in [1.54, 1.807) is 30.5 Å². The maximum atomic E-state index is 10.7. The molecule has 0 fully saturated rings. The zero-order valence-corrected chi connectivity index (χ0v) is 15.3. The minimum absolute atomic E-state index is 0.0320. The van der Waals surface area contributed by atoms with Gasteiger partial charge in [0.2, 0.25) is 0 Å². The number of aromatic nitrogens is 2. The second-order valence-corrected chi connectivity index (χ2v) is 6.42. The zero-order valence-electron chi connectivity index (χ0n) is 15.3. The molecule has 1 aromatic heterocycles. The first-order valence-corrected chi connectivity index (χ1v) is 8.90. The Balaban J connectivity index is 1.52. The van der Waals surface area contributed by atoms with E-state index in [0.717, 1.165) is 22.4 Å². The average Bonchev–Trinajstić information content (AvgIpc) is 3.23. The molecule has 0 saturated heterocycles. The number of ether oxygens (including phenoxy) is 1. The monoisotopic (exact) mass is 387 g/mol. The summed E-state index contributed by atoms with van der Waals surface area (Å²) in [5, 5.41) is 28.3. The molecule has 3 aromatic carbocycles. The molecule has 0 saturated carbocycles. The number of non-ortho nitro benzene ring substituents is 1. The van der Waals surface area contributed by atoms with Gasteiger partial charge in [-0.25, -0.2) is 0 Å². The third-order valence-electron chi connectivity index (χ3n) is 4.52. The molecule has 0 bridgehead atoms. The molecule has 4 aromatic rings. The quantitative estimate of drug-likeness (QED) is 0.361. The van der Waals surface area contributed by atoms with Crippen LogP contribution in [0.3, 0.4) is 0 Å². The summed E-state index contributed by atoms with van der Waals surface area (Å²) in [5.41, 5.74) is 4.04. The Kier molecular flexibility index (Phi) is 4.94. The molecule has 1 heterocycles. The van der Waals surface area contributed by atoms with E-state index in [9.17, 15) is 15.2 Å². The fourth-order valence-electron chi connectivity index (χ4n) is 3.02. The smallest absolute Gasteiger partial charge is 0.269 e. The summed E-state index contributed by atoms with van der Waals surface area (Å²) in [4.78, 5) is 10.3. The van der Waals surface area contributed by atoms with E-state index in [-0.39, 0.29) is 18.0 Å². The van der Waals surface area contributed by atoms with Gasteiger partial charge in [0.05, 0.1) is 16.8 Å². The summed E-state index contributed by atoms with van der Waals surface area (Å²) in [6.07, 6.45) is 1.73. The number of rotatable bonds is 6. The number of H-pyrrole nitrogens is 1. The second-order valence-electron chi connectivity index (χ2n) is 6.42. The van der Waals surface area contributed by atoms with Gasteiger partial charge in [-0.15, -0.1) is 0 Å². The van der Waals surface area contributed by atoms with Crippen LogP contribution in [0.15, 0.2) is 79.0 Å². The molecule has 0 amide bonds. The molecule has 7 nitrogen and oxygen atoms in total.